The SMILES string of the molecule is C=C(C)CNC(CN)c1ccc2c(c1)OCCO2. The number of fused-ring (bicyclic) bond motifs is 1. The van der Waals surface area contributed by atoms with Crippen LogP contribution in [0.15, 0.2) is 30.4 Å². The van der Waals surface area contributed by atoms with Gasteiger partial charge >= 0.3 is 0 Å². The van der Waals surface area contributed by atoms with Crippen molar-refractivity contribution in [1.29, 1.82) is 0 Å². The highest BCUT2D eigenvalue weighted by atomic mass is 16.6. The van der Waals surface area contributed by atoms with Crippen LogP contribution in [-0.2, 0) is 0 Å². The monoisotopic (exact) mass is 248 g/mol. The Kier molecular flexibility index (Phi) is 4.23. The van der Waals surface area contributed by atoms with Gasteiger partial charge in [-0.25, -0.2) is 0 Å². The van der Waals surface area contributed by atoms with Gasteiger partial charge in [-0.1, -0.05) is 18.2 Å². The van der Waals surface area contributed by atoms with Crippen molar-refractivity contribution in [3.8, 4) is 11.5 Å². The zero-order valence-electron chi connectivity index (χ0n) is 10.7. The van der Waals surface area contributed by atoms with Crippen molar-refractivity contribution in [3.63, 3.8) is 0 Å². The molecule has 1 aromatic carbocycles. The molecule has 1 atom stereocenters. The van der Waals surface area contributed by atoms with E-state index in [4.69, 9.17) is 15.2 Å². The topological polar surface area (TPSA) is 56.5 Å². The summed E-state index contributed by atoms with van der Waals surface area (Å²) >= 11 is 0. The van der Waals surface area contributed by atoms with Crippen molar-refractivity contribution in [1.82, 2.24) is 5.32 Å². The van der Waals surface area contributed by atoms with Gasteiger partial charge in [0.2, 0.25) is 0 Å². The summed E-state index contributed by atoms with van der Waals surface area (Å²) in [4.78, 5) is 0. The summed E-state index contributed by atoms with van der Waals surface area (Å²) in [6.07, 6.45) is 0. The number of ether oxygens (including phenoxy) is 2. The highest BCUT2D eigenvalue weighted by Crippen LogP contribution is 2.32. The lowest BCUT2D eigenvalue weighted by Gasteiger charge is -2.22. The molecule has 0 bridgehead atoms. The first-order valence-corrected chi connectivity index (χ1v) is 6.18. The standard InChI is InChI=1S/C14H20N2O2/c1-10(2)9-16-12(8-15)11-3-4-13-14(7-11)18-6-5-17-13/h3-4,7,12,16H,1,5-6,8-9,15H2,2H3. The largest absolute Gasteiger partial charge is 0.486 e. The summed E-state index contributed by atoms with van der Waals surface area (Å²) < 4.78 is 11.1. The van der Waals surface area contributed by atoms with Crippen LogP contribution in [0.1, 0.15) is 18.5 Å². The molecule has 4 nitrogen and oxygen atoms in total. The normalized spacial score (nSPS) is 15.2. The van der Waals surface area contributed by atoms with Crippen molar-refractivity contribution in [2.75, 3.05) is 26.3 Å². The highest BCUT2D eigenvalue weighted by Gasteiger charge is 2.15. The molecule has 1 aromatic rings. The fourth-order valence-electron chi connectivity index (χ4n) is 1.91. The van der Waals surface area contributed by atoms with Crippen LogP contribution in [-0.4, -0.2) is 26.3 Å². The molecule has 1 unspecified atom stereocenters. The van der Waals surface area contributed by atoms with Crippen molar-refractivity contribution in [3.05, 3.63) is 35.9 Å². The van der Waals surface area contributed by atoms with Crippen LogP contribution in [0.3, 0.4) is 0 Å². The molecule has 0 aliphatic carbocycles. The molecule has 3 N–H and O–H groups in total. The zero-order valence-corrected chi connectivity index (χ0v) is 10.7. The van der Waals surface area contributed by atoms with E-state index >= 15 is 0 Å². The lowest BCUT2D eigenvalue weighted by Crippen LogP contribution is -2.29. The van der Waals surface area contributed by atoms with Gasteiger partial charge < -0.3 is 20.5 Å². The first-order chi connectivity index (χ1) is 8.70. The molecular weight excluding hydrogens is 228 g/mol. The molecule has 1 heterocycles. The maximum atomic E-state index is 5.80. The molecule has 0 radical (unpaired) electrons. The summed E-state index contributed by atoms with van der Waals surface area (Å²) in [7, 11) is 0. The van der Waals surface area contributed by atoms with Crippen LogP contribution in [0.25, 0.3) is 0 Å². The molecule has 0 aromatic heterocycles. The number of nitrogens with one attached hydrogen (secondary N) is 1. The molecule has 0 saturated carbocycles. The van der Waals surface area contributed by atoms with Crippen molar-refractivity contribution in [2.45, 2.75) is 13.0 Å². The van der Waals surface area contributed by atoms with Gasteiger partial charge in [0.25, 0.3) is 0 Å². The van der Waals surface area contributed by atoms with Crippen LogP contribution in [0.5, 0.6) is 11.5 Å². The van der Waals surface area contributed by atoms with Gasteiger partial charge in [-0.15, -0.1) is 0 Å². The van der Waals surface area contributed by atoms with E-state index in [1.807, 2.05) is 25.1 Å². The Morgan fingerprint density at radius 2 is 2.11 bits per heavy atom. The molecule has 98 valence electrons. The van der Waals surface area contributed by atoms with E-state index in [-0.39, 0.29) is 6.04 Å². The first-order valence-electron chi connectivity index (χ1n) is 6.18. The first kappa shape index (κ1) is 12.9. The molecule has 1 aliphatic rings. The molecule has 0 saturated heterocycles. The summed E-state index contributed by atoms with van der Waals surface area (Å²) in [5.41, 5.74) is 8.01. The van der Waals surface area contributed by atoms with E-state index in [9.17, 15) is 0 Å². The lowest BCUT2D eigenvalue weighted by atomic mass is 10.1. The third-order valence-corrected chi connectivity index (χ3v) is 2.85. The summed E-state index contributed by atoms with van der Waals surface area (Å²) in [6, 6.07) is 6.07. The van der Waals surface area contributed by atoms with Crippen LogP contribution in [0, 0.1) is 0 Å². The Morgan fingerprint density at radius 3 is 2.78 bits per heavy atom. The second kappa shape index (κ2) is 5.89. The number of nitrogens with two attached hydrogens (primary N) is 1. The quantitative estimate of drug-likeness (QED) is 0.778. The molecule has 18 heavy (non-hydrogen) atoms. The molecule has 0 fully saturated rings. The van der Waals surface area contributed by atoms with Gasteiger partial charge in [-0.05, 0) is 24.6 Å². The van der Waals surface area contributed by atoms with E-state index < -0.39 is 0 Å². The average Bonchev–Trinajstić information content (AvgIpc) is 2.39. The fourth-order valence-corrected chi connectivity index (χ4v) is 1.91. The minimum absolute atomic E-state index is 0.109. The predicted octanol–water partition coefficient (Wildman–Crippen LogP) is 1.62. The maximum absolute atomic E-state index is 5.80. The van der Waals surface area contributed by atoms with Crippen molar-refractivity contribution in [2.24, 2.45) is 5.73 Å². The van der Waals surface area contributed by atoms with Gasteiger partial charge in [0.05, 0.1) is 0 Å². The molecule has 4 heteroatoms. The van der Waals surface area contributed by atoms with E-state index in [2.05, 4.69) is 11.9 Å². The van der Waals surface area contributed by atoms with Gasteiger partial charge in [0.1, 0.15) is 13.2 Å². The van der Waals surface area contributed by atoms with Crippen LogP contribution in [0.4, 0.5) is 0 Å². The molecule has 0 amide bonds. The minimum atomic E-state index is 0.109. The number of hydrogen-bond acceptors (Lipinski definition) is 4. The van der Waals surface area contributed by atoms with Crippen LogP contribution < -0.4 is 20.5 Å². The summed E-state index contributed by atoms with van der Waals surface area (Å²) in [6.45, 7) is 8.37. The fraction of sp³-hybridized carbons (Fsp3) is 0.429. The average molecular weight is 248 g/mol. The molecule has 0 spiro atoms. The third kappa shape index (κ3) is 3.03. The smallest absolute Gasteiger partial charge is 0.161 e. The number of benzene rings is 1. The van der Waals surface area contributed by atoms with Gasteiger partial charge in [-0.3, -0.25) is 0 Å². The van der Waals surface area contributed by atoms with Gasteiger partial charge in [-0.2, -0.15) is 0 Å². The lowest BCUT2D eigenvalue weighted by molar-refractivity contribution is 0.171. The Hall–Kier alpha value is -1.52. The van der Waals surface area contributed by atoms with E-state index in [0.29, 0.717) is 19.8 Å². The third-order valence-electron chi connectivity index (χ3n) is 2.85. The maximum Gasteiger partial charge on any atom is 0.161 e. The number of rotatable bonds is 5. The van der Waals surface area contributed by atoms with Gasteiger partial charge in [0, 0.05) is 19.1 Å². The number of hydrogen-bond donors (Lipinski definition) is 2. The summed E-state index contributed by atoms with van der Waals surface area (Å²) in [5.74, 6) is 1.61. The molecule has 2 rings (SSSR count). The Labute approximate surface area is 108 Å². The van der Waals surface area contributed by atoms with E-state index in [1.54, 1.807) is 0 Å². The van der Waals surface area contributed by atoms with Crippen LogP contribution in [0.2, 0.25) is 0 Å². The van der Waals surface area contributed by atoms with E-state index in [0.717, 1.165) is 29.2 Å². The van der Waals surface area contributed by atoms with E-state index in [1.165, 1.54) is 0 Å². The van der Waals surface area contributed by atoms with Gasteiger partial charge in [0.15, 0.2) is 11.5 Å². The summed E-state index contributed by atoms with van der Waals surface area (Å²) in [5, 5.41) is 3.37. The zero-order chi connectivity index (χ0) is 13.0. The Morgan fingerprint density at radius 1 is 1.39 bits per heavy atom. The minimum Gasteiger partial charge on any atom is -0.486 e. The molecular formula is C14H20N2O2. The van der Waals surface area contributed by atoms with Crippen LogP contribution >= 0.6 is 0 Å². The van der Waals surface area contributed by atoms with Crippen molar-refractivity contribution >= 4 is 0 Å². The molecule has 1 aliphatic heterocycles. The Bertz CT molecular complexity index is 432. The van der Waals surface area contributed by atoms with Crippen molar-refractivity contribution < 1.29 is 9.47 Å². The second-order valence-electron chi connectivity index (χ2n) is 4.53. The predicted molar refractivity (Wildman–Crippen MR) is 72.0 cm³/mol. The highest BCUT2D eigenvalue weighted by molar-refractivity contribution is 5.44. The second-order valence-corrected chi connectivity index (χ2v) is 4.53. The Balaban J connectivity index is 2.12.